The zero-order valence-electron chi connectivity index (χ0n) is 17.9. The van der Waals surface area contributed by atoms with Gasteiger partial charge in [0.1, 0.15) is 5.82 Å². The highest BCUT2D eigenvalue weighted by Crippen LogP contribution is 2.23. The highest BCUT2D eigenvalue weighted by atomic mass is 16.1. The largest absolute Gasteiger partial charge is 0.378 e. The molecule has 2 aromatic carbocycles. The molecule has 1 aromatic heterocycles. The minimum Gasteiger partial charge on any atom is -0.378 e. The molecule has 1 amide bonds. The summed E-state index contributed by atoms with van der Waals surface area (Å²) in [5.74, 6) is 0.631. The summed E-state index contributed by atoms with van der Waals surface area (Å²) in [6.07, 6.45) is 5.17. The van der Waals surface area contributed by atoms with Crippen LogP contribution in [0.3, 0.4) is 0 Å². The smallest absolute Gasteiger partial charge is 0.261 e. The summed E-state index contributed by atoms with van der Waals surface area (Å²) >= 11 is 0. The fourth-order valence-corrected chi connectivity index (χ4v) is 4.00. The van der Waals surface area contributed by atoms with Crippen LogP contribution in [0.2, 0.25) is 0 Å². The molecule has 3 aromatic rings. The van der Waals surface area contributed by atoms with E-state index in [-0.39, 0.29) is 11.5 Å². The highest BCUT2D eigenvalue weighted by Gasteiger charge is 2.15. The van der Waals surface area contributed by atoms with Crippen LogP contribution in [-0.2, 0) is 13.0 Å². The highest BCUT2D eigenvalue weighted by molar-refractivity contribution is 6.06. The zero-order valence-corrected chi connectivity index (χ0v) is 17.9. The number of anilines is 2. The van der Waals surface area contributed by atoms with Crippen LogP contribution in [0.25, 0.3) is 10.9 Å². The van der Waals surface area contributed by atoms with Crippen LogP contribution in [0.15, 0.2) is 41.2 Å². The Balaban J connectivity index is 1.65. The summed E-state index contributed by atoms with van der Waals surface area (Å²) in [4.78, 5) is 32.6. The predicted octanol–water partition coefficient (Wildman–Crippen LogP) is 4.14. The molecule has 0 bridgehead atoms. The molecule has 6 heteroatoms. The van der Waals surface area contributed by atoms with Crippen LogP contribution in [0.5, 0.6) is 0 Å². The van der Waals surface area contributed by atoms with Crippen molar-refractivity contribution < 1.29 is 4.79 Å². The number of fused-ring (bicyclic) bond motifs is 2. The van der Waals surface area contributed by atoms with E-state index in [2.05, 4.69) is 5.32 Å². The molecule has 156 valence electrons. The normalized spacial score (nSPS) is 14.0. The van der Waals surface area contributed by atoms with Gasteiger partial charge in [0.25, 0.3) is 11.5 Å². The van der Waals surface area contributed by atoms with Crippen molar-refractivity contribution in [3.8, 4) is 0 Å². The number of benzene rings is 2. The Kier molecular flexibility index (Phi) is 5.57. The van der Waals surface area contributed by atoms with Crippen LogP contribution in [-0.4, -0.2) is 29.6 Å². The first kappa shape index (κ1) is 20.1. The average molecular weight is 405 g/mol. The number of aryl methyl sites for hydroxylation is 2. The van der Waals surface area contributed by atoms with Crippen molar-refractivity contribution in [3.63, 3.8) is 0 Å². The lowest BCUT2D eigenvalue weighted by molar-refractivity contribution is 0.102. The molecule has 2 heterocycles. The topological polar surface area (TPSA) is 67.2 Å². The predicted molar refractivity (Wildman–Crippen MR) is 122 cm³/mol. The van der Waals surface area contributed by atoms with Gasteiger partial charge in [-0.05, 0) is 61.7 Å². The number of hydrogen-bond acceptors (Lipinski definition) is 4. The molecule has 1 aliphatic rings. The number of nitrogens with one attached hydrogen (secondary N) is 1. The molecule has 1 N–H and O–H groups in total. The zero-order chi connectivity index (χ0) is 21.3. The molecule has 0 fully saturated rings. The molecular weight excluding hydrogens is 376 g/mol. The minimum absolute atomic E-state index is 0.000947. The Morgan fingerprint density at radius 3 is 2.63 bits per heavy atom. The van der Waals surface area contributed by atoms with Crippen LogP contribution >= 0.6 is 0 Å². The summed E-state index contributed by atoms with van der Waals surface area (Å²) in [7, 11) is 3.97. The van der Waals surface area contributed by atoms with Gasteiger partial charge in [-0.1, -0.05) is 12.8 Å². The maximum atomic E-state index is 13.0. The lowest BCUT2D eigenvalue weighted by Crippen LogP contribution is -2.26. The monoisotopic (exact) mass is 404 g/mol. The maximum Gasteiger partial charge on any atom is 0.261 e. The molecule has 6 nitrogen and oxygen atoms in total. The number of carbonyl (C=O) groups is 1. The van der Waals surface area contributed by atoms with Crippen molar-refractivity contribution in [2.45, 2.75) is 45.6 Å². The Morgan fingerprint density at radius 1 is 1.07 bits per heavy atom. The van der Waals surface area contributed by atoms with Crippen molar-refractivity contribution >= 4 is 28.2 Å². The van der Waals surface area contributed by atoms with Crippen LogP contribution in [0, 0.1) is 6.92 Å². The molecule has 0 spiro atoms. The van der Waals surface area contributed by atoms with Crippen LogP contribution in [0.1, 0.15) is 47.4 Å². The van der Waals surface area contributed by atoms with Crippen LogP contribution in [0.4, 0.5) is 11.4 Å². The third-order valence-electron chi connectivity index (χ3n) is 5.80. The number of carbonyl (C=O) groups excluding carboxylic acids is 1. The number of aromatic nitrogens is 2. The van der Waals surface area contributed by atoms with Gasteiger partial charge in [-0.2, -0.15) is 0 Å². The average Bonchev–Trinajstić information content (AvgIpc) is 2.70. The van der Waals surface area contributed by atoms with Gasteiger partial charge in [0.05, 0.1) is 10.9 Å². The molecule has 0 atom stereocenters. The van der Waals surface area contributed by atoms with E-state index in [1.54, 1.807) is 18.2 Å². The number of hydrogen-bond donors (Lipinski definition) is 1. The first-order valence-electron chi connectivity index (χ1n) is 10.6. The number of nitrogens with zero attached hydrogens (tertiary/aromatic N) is 3. The van der Waals surface area contributed by atoms with E-state index in [0.717, 1.165) is 55.0 Å². The SMILES string of the molecule is Cc1cc(N(C)C)ccc1NC(=O)c1ccc2c(=O)n3c(nc2c1)CCCCCC3. The standard InChI is InChI=1S/C24H28N4O2/c1-16-14-18(27(2)3)10-12-20(16)26-23(29)17-9-11-19-21(15-17)25-22-8-6-4-5-7-13-28(22)24(19)30/h9-12,14-15H,4-8,13H2,1-3H3,(H,26,29). The molecular formula is C24H28N4O2. The van der Waals surface area contributed by atoms with E-state index in [1.165, 1.54) is 6.42 Å². The van der Waals surface area contributed by atoms with E-state index >= 15 is 0 Å². The van der Waals surface area contributed by atoms with E-state index in [9.17, 15) is 9.59 Å². The second-order valence-electron chi connectivity index (χ2n) is 8.23. The Labute approximate surface area is 176 Å². The Morgan fingerprint density at radius 2 is 1.87 bits per heavy atom. The molecule has 30 heavy (non-hydrogen) atoms. The van der Waals surface area contributed by atoms with Crippen molar-refractivity contribution in [1.82, 2.24) is 9.55 Å². The Bertz CT molecular complexity index is 1160. The lowest BCUT2D eigenvalue weighted by Gasteiger charge is -2.17. The van der Waals surface area contributed by atoms with Crippen LogP contribution < -0.4 is 15.8 Å². The summed E-state index contributed by atoms with van der Waals surface area (Å²) in [6, 6.07) is 11.1. The minimum atomic E-state index is -0.203. The third kappa shape index (κ3) is 3.95. The number of rotatable bonds is 3. The summed E-state index contributed by atoms with van der Waals surface area (Å²) in [6.45, 7) is 2.70. The Hall–Kier alpha value is -3.15. The van der Waals surface area contributed by atoms with Gasteiger partial charge in [0.15, 0.2) is 0 Å². The summed E-state index contributed by atoms with van der Waals surface area (Å²) in [5, 5.41) is 3.56. The van der Waals surface area contributed by atoms with Gasteiger partial charge in [-0.25, -0.2) is 4.98 Å². The summed E-state index contributed by atoms with van der Waals surface area (Å²) < 4.78 is 1.82. The van der Waals surface area contributed by atoms with Crippen molar-refractivity contribution in [2.75, 3.05) is 24.3 Å². The van der Waals surface area contributed by atoms with Gasteiger partial charge >= 0.3 is 0 Å². The first-order valence-corrected chi connectivity index (χ1v) is 10.6. The lowest BCUT2D eigenvalue weighted by atomic mass is 10.1. The quantitative estimate of drug-likeness (QED) is 0.712. The third-order valence-corrected chi connectivity index (χ3v) is 5.80. The first-order chi connectivity index (χ1) is 14.4. The summed E-state index contributed by atoms with van der Waals surface area (Å²) in [5.41, 5.74) is 3.95. The van der Waals surface area contributed by atoms with Gasteiger partial charge in [-0.3, -0.25) is 14.2 Å². The fourth-order valence-electron chi connectivity index (χ4n) is 4.00. The fraction of sp³-hybridized carbons (Fsp3) is 0.375. The van der Waals surface area contributed by atoms with E-state index in [1.807, 2.05) is 48.7 Å². The molecule has 0 saturated heterocycles. The second kappa shape index (κ2) is 8.30. The number of amides is 1. The second-order valence-corrected chi connectivity index (χ2v) is 8.23. The van der Waals surface area contributed by atoms with Gasteiger partial charge in [-0.15, -0.1) is 0 Å². The van der Waals surface area contributed by atoms with E-state index in [0.29, 0.717) is 16.5 Å². The molecule has 1 aliphatic heterocycles. The van der Waals surface area contributed by atoms with Gasteiger partial charge in [0.2, 0.25) is 0 Å². The molecule has 0 unspecified atom stereocenters. The van der Waals surface area contributed by atoms with E-state index in [4.69, 9.17) is 4.98 Å². The van der Waals surface area contributed by atoms with Gasteiger partial charge in [0, 0.05) is 44.0 Å². The maximum absolute atomic E-state index is 13.0. The molecule has 0 radical (unpaired) electrons. The van der Waals surface area contributed by atoms with Gasteiger partial charge < -0.3 is 10.2 Å². The van der Waals surface area contributed by atoms with E-state index < -0.39 is 0 Å². The van der Waals surface area contributed by atoms with Crippen molar-refractivity contribution in [3.05, 3.63) is 63.7 Å². The molecule has 0 saturated carbocycles. The van der Waals surface area contributed by atoms with Crippen molar-refractivity contribution in [2.24, 2.45) is 0 Å². The molecule has 4 rings (SSSR count). The van der Waals surface area contributed by atoms with Crippen molar-refractivity contribution in [1.29, 1.82) is 0 Å². The molecule has 0 aliphatic carbocycles.